The monoisotopic (exact) mass is 287 g/mol. The quantitative estimate of drug-likeness (QED) is 0.860. The van der Waals surface area contributed by atoms with E-state index < -0.39 is 0 Å². The van der Waals surface area contributed by atoms with Gasteiger partial charge in [-0.1, -0.05) is 29.8 Å². The van der Waals surface area contributed by atoms with Crippen LogP contribution in [-0.2, 0) is 11.2 Å². The van der Waals surface area contributed by atoms with E-state index in [-0.39, 0.29) is 5.91 Å². The van der Waals surface area contributed by atoms with Gasteiger partial charge in [-0.05, 0) is 29.7 Å². The predicted octanol–water partition coefficient (Wildman–Crippen LogP) is 2.50. The van der Waals surface area contributed by atoms with Gasteiger partial charge in [0, 0.05) is 30.0 Å². The molecule has 0 saturated heterocycles. The van der Waals surface area contributed by atoms with Crippen LogP contribution in [0.2, 0.25) is 5.02 Å². The van der Waals surface area contributed by atoms with Gasteiger partial charge in [0.1, 0.15) is 6.33 Å². The molecule has 2 aromatic rings. The molecule has 102 valence electrons. The second kappa shape index (κ2) is 7.40. The fraction of sp³-hybridized carbons (Fsp3) is 0.133. The third kappa shape index (κ3) is 4.48. The van der Waals surface area contributed by atoms with Crippen LogP contribution in [0.1, 0.15) is 11.1 Å². The van der Waals surface area contributed by atoms with E-state index in [4.69, 9.17) is 11.6 Å². The third-order valence-electron chi connectivity index (χ3n) is 2.65. The highest BCUT2D eigenvalue weighted by molar-refractivity contribution is 6.32. The minimum atomic E-state index is -0.151. The van der Waals surface area contributed by atoms with Crippen molar-refractivity contribution in [1.29, 1.82) is 0 Å². The minimum absolute atomic E-state index is 0.151. The average Bonchev–Trinajstić information content (AvgIpc) is 2.47. The highest BCUT2D eigenvalue weighted by atomic mass is 35.5. The van der Waals surface area contributed by atoms with Gasteiger partial charge in [0.05, 0.1) is 0 Å². The van der Waals surface area contributed by atoms with Crippen molar-refractivity contribution in [1.82, 2.24) is 15.3 Å². The maximum atomic E-state index is 11.6. The van der Waals surface area contributed by atoms with Gasteiger partial charge in [-0.3, -0.25) is 4.79 Å². The molecule has 1 aromatic carbocycles. The Bertz CT molecular complexity index is 599. The van der Waals surface area contributed by atoms with Gasteiger partial charge in [-0.25, -0.2) is 9.97 Å². The highest BCUT2D eigenvalue weighted by Gasteiger charge is 1.98. The summed E-state index contributed by atoms with van der Waals surface area (Å²) < 4.78 is 0. The van der Waals surface area contributed by atoms with E-state index in [1.54, 1.807) is 24.5 Å². The normalized spacial score (nSPS) is 10.7. The van der Waals surface area contributed by atoms with Gasteiger partial charge >= 0.3 is 0 Å². The molecule has 1 amide bonds. The molecule has 0 unspecified atom stereocenters. The number of carbonyl (C=O) groups excluding carboxylic acids is 1. The maximum absolute atomic E-state index is 11.6. The lowest BCUT2D eigenvalue weighted by Crippen LogP contribution is -2.23. The Morgan fingerprint density at radius 1 is 1.25 bits per heavy atom. The van der Waals surface area contributed by atoms with E-state index in [0.717, 1.165) is 11.1 Å². The lowest BCUT2D eigenvalue weighted by molar-refractivity contribution is -0.116. The van der Waals surface area contributed by atoms with Crippen LogP contribution < -0.4 is 5.32 Å². The number of amides is 1. The predicted molar refractivity (Wildman–Crippen MR) is 79.2 cm³/mol. The van der Waals surface area contributed by atoms with Crippen LogP contribution >= 0.6 is 11.6 Å². The zero-order valence-corrected chi connectivity index (χ0v) is 11.5. The first-order valence-corrected chi connectivity index (χ1v) is 6.58. The van der Waals surface area contributed by atoms with Crippen molar-refractivity contribution < 1.29 is 4.79 Å². The molecule has 5 heteroatoms. The first-order valence-electron chi connectivity index (χ1n) is 6.20. The van der Waals surface area contributed by atoms with Crippen LogP contribution in [0.25, 0.3) is 6.08 Å². The standard InChI is InChI=1S/C15H14ClN3O/c16-14-4-2-1-3-13(14)5-6-15(20)19-8-7-12-9-17-11-18-10-12/h1-6,9-11H,7-8H2,(H,19,20). The molecule has 2 rings (SSSR count). The van der Waals surface area contributed by atoms with Crippen molar-refractivity contribution in [3.05, 3.63) is 65.2 Å². The number of rotatable bonds is 5. The number of benzene rings is 1. The van der Waals surface area contributed by atoms with Crippen LogP contribution in [0.3, 0.4) is 0 Å². The fourth-order valence-corrected chi connectivity index (χ4v) is 1.82. The molecule has 1 N–H and O–H groups in total. The molecule has 4 nitrogen and oxygen atoms in total. The summed E-state index contributed by atoms with van der Waals surface area (Å²) >= 11 is 6.00. The molecule has 1 heterocycles. The molecule has 1 aromatic heterocycles. The molecule has 0 aliphatic rings. The summed E-state index contributed by atoms with van der Waals surface area (Å²) in [6.07, 6.45) is 8.82. The number of aromatic nitrogens is 2. The van der Waals surface area contributed by atoms with Crippen molar-refractivity contribution in [2.45, 2.75) is 6.42 Å². The van der Waals surface area contributed by atoms with Crippen LogP contribution in [0.4, 0.5) is 0 Å². The maximum Gasteiger partial charge on any atom is 0.244 e. The SMILES string of the molecule is O=C(C=Cc1ccccc1Cl)NCCc1cncnc1. The summed E-state index contributed by atoms with van der Waals surface area (Å²) in [6, 6.07) is 7.36. The molecular weight excluding hydrogens is 274 g/mol. The molecule has 0 bridgehead atoms. The highest BCUT2D eigenvalue weighted by Crippen LogP contribution is 2.15. The average molecular weight is 288 g/mol. The Labute approximate surface area is 122 Å². The van der Waals surface area contributed by atoms with Crippen molar-refractivity contribution in [3.63, 3.8) is 0 Å². The largest absolute Gasteiger partial charge is 0.352 e. The molecule has 0 aliphatic heterocycles. The number of halogens is 1. The van der Waals surface area contributed by atoms with Crippen molar-refractivity contribution >= 4 is 23.6 Å². The lowest BCUT2D eigenvalue weighted by atomic mass is 10.2. The van der Waals surface area contributed by atoms with Crippen LogP contribution in [0, 0.1) is 0 Å². The van der Waals surface area contributed by atoms with E-state index in [9.17, 15) is 4.79 Å². The number of nitrogens with one attached hydrogen (secondary N) is 1. The zero-order valence-electron chi connectivity index (χ0n) is 10.8. The van der Waals surface area contributed by atoms with Crippen LogP contribution in [0.5, 0.6) is 0 Å². The summed E-state index contributed by atoms with van der Waals surface area (Å²) in [4.78, 5) is 19.5. The van der Waals surface area contributed by atoms with E-state index in [2.05, 4.69) is 15.3 Å². The van der Waals surface area contributed by atoms with E-state index >= 15 is 0 Å². The van der Waals surface area contributed by atoms with Gasteiger partial charge in [0.25, 0.3) is 0 Å². The first-order chi connectivity index (χ1) is 9.75. The van der Waals surface area contributed by atoms with Crippen molar-refractivity contribution in [2.24, 2.45) is 0 Å². The summed E-state index contributed by atoms with van der Waals surface area (Å²) in [7, 11) is 0. The Balaban J connectivity index is 1.80. The molecule has 0 radical (unpaired) electrons. The van der Waals surface area contributed by atoms with E-state index in [1.807, 2.05) is 18.2 Å². The van der Waals surface area contributed by atoms with Gasteiger partial charge in [0.2, 0.25) is 5.91 Å². The fourth-order valence-electron chi connectivity index (χ4n) is 1.62. The number of hydrogen-bond acceptors (Lipinski definition) is 3. The Morgan fingerprint density at radius 3 is 2.75 bits per heavy atom. The van der Waals surface area contributed by atoms with Gasteiger partial charge in [-0.2, -0.15) is 0 Å². The summed E-state index contributed by atoms with van der Waals surface area (Å²) in [5.41, 5.74) is 1.81. The molecule has 0 atom stereocenters. The second-order valence-corrected chi connectivity index (χ2v) is 4.55. The molecule has 20 heavy (non-hydrogen) atoms. The van der Waals surface area contributed by atoms with E-state index in [1.165, 1.54) is 12.4 Å². The molecule has 0 fully saturated rings. The van der Waals surface area contributed by atoms with Gasteiger partial charge < -0.3 is 5.32 Å². The topological polar surface area (TPSA) is 54.9 Å². The van der Waals surface area contributed by atoms with Gasteiger partial charge in [0.15, 0.2) is 0 Å². The van der Waals surface area contributed by atoms with Crippen LogP contribution in [-0.4, -0.2) is 22.4 Å². The molecule has 0 aliphatic carbocycles. The van der Waals surface area contributed by atoms with Crippen LogP contribution in [0.15, 0.2) is 49.1 Å². The summed E-state index contributed by atoms with van der Waals surface area (Å²) in [5, 5.41) is 3.42. The second-order valence-electron chi connectivity index (χ2n) is 4.14. The van der Waals surface area contributed by atoms with Gasteiger partial charge in [-0.15, -0.1) is 0 Å². The summed E-state index contributed by atoms with van der Waals surface area (Å²) in [5.74, 6) is -0.151. The lowest BCUT2D eigenvalue weighted by Gasteiger charge is -2.02. The number of hydrogen-bond donors (Lipinski definition) is 1. The molecular formula is C15H14ClN3O. The molecule has 0 spiro atoms. The molecule has 0 saturated carbocycles. The Hall–Kier alpha value is -2.20. The minimum Gasteiger partial charge on any atom is -0.352 e. The van der Waals surface area contributed by atoms with Crippen molar-refractivity contribution in [3.8, 4) is 0 Å². The first kappa shape index (κ1) is 14.2. The smallest absolute Gasteiger partial charge is 0.244 e. The number of carbonyl (C=O) groups is 1. The number of nitrogens with zero attached hydrogens (tertiary/aromatic N) is 2. The zero-order chi connectivity index (χ0) is 14.2. The Morgan fingerprint density at radius 2 is 2.00 bits per heavy atom. The summed E-state index contributed by atoms with van der Waals surface area (Å²) in [6.45, 7) is 0.541. The van der Waals surface area contributed by atoms with Crippen molar-refractivity contribution in [2.75, 3.05) is 6.54 Å². The van der Waals surface area contributed by atoms with E-state index in [0.29, 0.717) is 18.0 Å². The third-order valence-corrected chi connectivity index (χ3v) is 2.99. The Kier molecular flexibility index (Phi) is 5.26.